The van der Waals surface area contributed by atoms with Gasteiger partial charge in [0.1, 0.15) is 0 Å². The summed E-state index contributed by atoms with van der Waals surface area (Å²) in [5.74, 6) is 0.524. The molecule has 2 aromatic heterocycles. The lowest BCUT2D eigenvalue weighted by Crippen LogP contribution is -2.53. The standard InChI is InChI=1S/C22H26N4O3/c27-19(18-4-2-12-29-18)26-10-6-21(7-11-26)15-25(14-17-3-1-8-23-13-17)16-22(21)5-9-24-20(22)28/h1-4,8,12-13H,5-7,9-11,14-16H2,(H,24,28). The molecule has 0 bridgehead atoms. The van der Waals surface area contributed by atoms with Gasteiger partial charge in [-0.1, -0.05) is 6.07 Å². The van der Waals surface area contributed by atoms with E-state index in [2.05, 4.69) is 21.3 Å². The van der Waals surface area contributed by atoms with Gasteiger partial charge in [-0.15, -0.1) is 0 Å². The molecule has 3 saturated heterocycles. The molecule has 5 rings (SSSR count). The summed E-state index contributed by atoms with van der Waals surface area (Å²) >= 11 is 0. The summed E-state index contributed by atoms with van der Waals surface area (Å²) in [4.78, 5) is 34.2. The maximum absolute atomic E-state index is 13.0. The second-order valence-corrected chi connectivity index (χ2v) is 8.64. The largest absolute Gasteiger partial charge is 0.459 e. The second kappa shape index (κ2) is 6.99. The number of furan rings is 1. The smallest absolute Gasteiger partial charge is 0.289 e. The highest BCUT2D eigenvalue weighted by atomic mass is 16.3. The van der Waals surface area contributed by atoms with E-state index < -0.39 is 0 Å². The van der Waals surface area contributed by atoms with Gasteiger partial charge in [0, 0.05) is 57.1 Å². The van der Waals surface area contributed by atoms with E-state index in [9.17, 15) is 9.59 Å². The number of aromatic nitrogens is 1. The Labute approximate surface area is 170 Å². The Hall–Kier alpha value is -2.67. The Morgan fingerprint density at radius 2 is 2.03 bits per heavy atom. The highest BCUT2D eigenvalue weighted by molar-refractivity contribution is 5.91. The molecule has 0 radical (unpaired) electrons. The number of nitrogens with one attached hydrogen (secondary N) is 1. The summed E-state index contributed by atoms with van der Waals surface area (Å²) in [5, 5.41) is 3.09. The van der Waals surface area contributed by atoms with E-state index in [1.165, 1.54) is 11.8 Å². The summed E-state index contributed by atoms with van der Waals surface area (Å²) in [6.45, 7) is 4.54. The molecule has 1 atom stereocenters. The van der Waals surface area contributed by atoms with Crippen LogP contribution in [0, 0.1) is 10.8 Å². The molecule has 152 valence electrons. The molecule has 1 N–H and O–H groups in total. The minimum Gasteiger partial charge on any atom is -0.459 e. The Bertz CT molecular complexity index is 890. The molecule has 1 unspecified atom stereocenters. The van der Waals surface area contributed by atoms with Gasteiger partial charge >= 0.3 is 0 Å². The molecule has 3 aliphatic heterocycles. The lowest BCUT2D eigenvalue weighted by molar-refractivity contribution is -0.133. The number of nitrogens with zero attached hydrogens (tertiary/aromatic N) is 3. The number of pyridine rings is 1. The predicted molar refractivity (Wildman–Crippen MR) is 106 cm³/mol. The number of rotatable bonds is 3. The van der Waals surface area contributed by atoms with Gasteiger partial charge in [-0.25, -0.2) is 0 Å². The van der Waals surface area contributed by atoms with E-state index in [1.807, 2.05) is 17.2 Å². The van der Waals surface area contributed by atoms with E-state index in [0.29, 0.717) is 18.8 Å². The van der Waals surface area contributed by atoms with Crippen LogP contribution in [-0.2, 0) is 11.3 Å². The molecule has 3 aliphatic rings. The van der Waals surface area contributed by atoms with Crippen molar-refractivity contribution in [2.75, 3.05) is 32.7 Å². The third kappa shape index (κ3) is 2.95. The van der Waals surface area contributed by atoms with Crippen LogP contribution in [0.25, 0.3) is 0 Å². The first-order valence-electron chi connectivity index (χ1n) is 10.3. The highest BCUT2D eigenvalue weighted by Gasteiger charge is 2.63. The zero-order chi connectivity index (χ0) is 19.9. The Morgan fingerprint density at radius 1 is 1.17 bits per heavy atom. The van der Waals surface area contributed by atoms with Gasteiger partial charge in [0.15, 0.2) is 5.76 Å². The number of fused-ring (bicyclic) bond motifs is 1. The minimum absolute atomic E-state index is 0.0556. The molecule has 2 spiro atoms. The van der Waals surface area contributed by atoms with Crippen molar-refractivity contribution >= 4 is 11.8 Å². The van der Waals surface area contributed by atoms with Crippen molar-refractivity contribution in [3.63, 3.8) is 0 Å². The number of hydrogen-bond acceptors (Lipinski definition) is 5. The fourth-order valence-electron chi connectivity index (χ4n) is 5.71. The molecule has 3 fully saturated rings. The monoisotopic (exact) mass is 394 g/mol. The van der Waals surface area contributed by atoms with Crippen LogP contribution in [0.5, 0.6) is 0 Å². The topological polar surface area (TPSA) is 78.7 Å². The average Bonchev–Trinajstić information content (AvgIpc) is 3.45. The van der Waals surface area contributed by atoms with E-state index in [0.717, 1.165) is 45.4 Å². The summed E-state index contributed by atoms with van der Waals surface area (Å²) in [7, 11) is 0. The third-order valence-corrected chi connectivity index (χ3v) is 7.18. The van der Waals surface area contributed by atoms with Crippen LogP contribution in [0.1, 0.15) is 35.4 Å². The van der Waals surface area contributed by atoms with Crippen molar-refractivity contribution in [2.45, 2.75) is 25.8 Å². The van der Waals surface area contributed by atoms with Crippen LogP contribution < -0.4 is 5.32 Å². The Morgan fingerprint density at radius 3 is 2.69 bits per heavy atom. The zero-order valence-electron chi connectivity index (χ0n) is 16.5. The van der Waals surface area contributed by atoms with Gasteiger partial charge in [0.05, 0.1) is 11.7 Å². The first-order valence-corrected chi connectivity index (χ1v) is 10.3. The molecule has 5 heterocycles. The highest BCUT2D eigenvalue weighted by Crippen LogP contribution is 2.56. The maximum atomic E-state index is 13.0. The SMILES string of the molecule is O=C(c1ccco1)N1CCC2(CC1)CN(Cc1cccnc1)CC21CCNC1=O. The van der Waals surface area contributed by atoms with E-state index in [1.54, 1.807) is 18.3 Å². The van der Waals surface area contributed by atoms with Crippen molar-refractivity contribution in [3.8, 4) is 0 Å². The molecule has 7 nitrogen and oxygen atoms in total. The summed E-state index contributed by atoms with van der Waals surface area (Å²) in [5.41, 5.74) is 0.730. The Kier molecular flexibility index (Phi) is 4.42. The molecule has 29 heavy (non-hydrogen) atoms. The van der Waals surface area contributed by atoms with Crippen molar-refractivity contribution in [1.82, 2.24) is 20.1 Å². The van der Waals surface area contributed by atoms with Gasteiger partial charge in [0.25, 0.3) is 5.91 Å². The first-order chi connectivity index (χ1) is 14.1. The van der Waals surface area contributed by atoms with Crippen molar-refractivity contribution in [2.24, 2.45) is 10.8 Å². The molecule has 2 aromatic rings. The quantitative estimate of drug-likeness (QED) is 0.861. The molecular weight excluding hydrogens is 368 g/mol. The predicted octanol–water partition coefficient (Wildman–Crippen LogP) is 1.92. The minimum atomic E-state index is -0.352. The van der Waals surface area contributed by atoms with E-state index in [-0.39, 0.29) is 22.6 Å². The van der Waals surface area contributed by atoms with Crippen molar-refractivity contribution < 1.29 is 14.0 Å². The van der Waals surface area contributed by atoms with Gasteiger partial charge in [-0.2, -0.15) is 0 Å². The number of carbonyl (C=O) groups is 2. The van der Waals surface area contributed by atoms with Crippen LogP contribution in [0.3, 0.4) is 0 Å². The van der Waals surface area contributed by atoms with E-state index >= 15 is 0 Å². The maximum Gasteiger partial charge on any atom is 0.289 e. The van der Waals surface area contributed by atoms with Crippen LogP contribution in [0.15, 0.2) is 47.3 Å². The number of hydrogen-bond donors (Lipinski definition) is 1. The fraction of sp³-hybridized carbons (Fsp3) is 0.500. The Balaban J connectivity index is 1.36. The van der Waals surface area contributed by atoms with Crippen LogP contribution in [0.2, 0.25) is 0 Å². The summed E-state index contributed by atoms with van der Waals surface area (Å²) in [6, 6.07) is 7.50. The normalized spacial score (nSPS) is 26.3. The molecule has 0 saturated carbocycles. The molecule has 2 amide bonds. The zero-order valence-corrected chi connectivity index (χ0v) is 16.5. The average molecular weight is 394 g/mol. The number of carbonyl (C=O) groups excluding carboxylic acids is 2. The van der Waals surface area contributed by atoms with Crippen LogP contribution >= 0.6 is 0 Å². The molecule has 0 aliphatic carbocycles. The summed E-state index contributed by atoms with van der Waals surface area (Å²) in [6.07, 6.45) is 7.78. The number of amides is 2. The van der Waals surface area contributed by atoms with Gasteiger partial charge < -0.3 is 14.6 Å². The lowest BCUT2D eigenvalue weighted by atomic mass is 9.60. The second-order valence-electron chi connectivity index (χ2n) is 8.64. The third-order valence-electron chi connectivity index (χ3n) is 7.18. The fourth-order valence-corrected chi connectivity index (χ4v) is 5.71. The number of likely N-dealkylation sites (tertiary alicyclic amines) is 2. The number of piperidine rings is 1. The van der Waals surface area contributed by atoms with Crippen molar-refractivity contribution in [3.05, 3.63) is 54.2 Å². The van der Waals surface area contributed by atoms with Gasteiger partial charge in [-0.05, 0) is 43.0 Å². The molecular formula is C22H26N4O3. The van der Waals surface area contributed by atoms with Gasteiger partial charge in [-0.3, -0.25) is 19.5 Å². The van der Waals surface area contributed by atoms with E-state index in [4.69, 9.17) is 4.42 Å². The van der Waals surface area contributed by atoms with Crippen LogP contribution in [0.4, 0.5) is 0 Å². The first kappa shape index (κ1) is 18.4. The summed E-state index contributed by atoms with van der Waals surface area (Å²) < 4.78 is 5.29. The van der Waals surface area contributed by atoms with Gasteiger partial charge in [0.2, 0.25) is 5.91 Å². The molecule has 7 heteroatoms. The lowest BCUT2D eigenvalue weighted by Gasteiger charge is -2.46. The van der Waals surface area contributed by atoms with Crippen molar-refractivity contribution in [1.29, 1.82) is 0 Å². The van der Waals surface area contributed by atoms with Crippen LogP contribution in [-0.4, -0.2) is 59.3 Å². The molecule has 0 aromatic carbocycles.